The quantitative estimate of drug-likeness (QED) is 0.765. The summed E-state index contributed by atoms with van der Waals surface area (Å²) < 4.78 is 39.0. The third-order valence-electron chi connectivity index (χ3n) is 6.54. The van der Waals surface area contributed by atoms with Gasteiger partial charge < -0.3 is 19.4 Å². The van der Waals surface area contributed by atoms with Gasteiger partial charge in [0.25, 0.3) is 0 Å². The molecular formula is C24H26F2N2O3. The smallest absolute Gasteiger partial charge is 0.199 e. The highest BCUT2D eigenvalue weighted by Gasteiger charge is 2.39. The number of halogens is 2. The first-order valence-electron chi connectivity index (χ1n) is 10.9. The van der Waals surface area contributed by atoms with Crippen LogP contribution in [0, 0.1) is 23.5 Å². The molecule has 164 valence electrons. The topological polar surface area (TPSA) is 54.7 Å². The summed E-state index contributed by atoms with van der Waals surface area (Å²) in [6.07, 6.45) is 4.29. The monoisotopic (exact) mass is 428 g/mol. The maximum Gasteiger partial charge on any atom is 0.199 e. The Hall–Kier alpha value is -2.67. The Labute approximate surface area is 179 Å². The van der Waals surface area contributed by atoms with Gasteiger partial charge in [0.2, 0.25) is 0 Å². The second-order valence-corrected chi connectivity index (χ2v) is 8.68. The van der Waals surface area contributed by atoms with Crippen LogP contribution in [-0.4, -0.2) is 32.8 Å². The van der Waals surface area contributed by atoms with Gasteiger partial charge in [-0.1, -0.05) is 12.5 Å². The zero-order chi connectivity index (χ0) is 21.5. The molecule has 2 heterocycles. The van der Waals surface area contributed by atoms with Gasteiger partial charge in [-0.25, -0.2) is 8.78 Å². The summed E-state index contributed by atoms with van der Waals surface area (Å²) in [5, 5.41) is 3.16. The van der Waals surface area contributed by atoms with Gasteiger partial charge in [0.15, 0.2) is 11.3 Å². The standard InChI is InChI=1S/C24H26F2N2O3/c1-14-19(15-2-3-15)11-20-22(29)12-23(28-4-6-30-7-5-28)31-24(20)21(14)13-27-18-9-16(25)8-17(26)10-18/h8-12,14-15,21,27H,2-7,13H2,1H3. The van der Waals surface area contributed by atoms with Crippen molar-refractivity contribution in [1.29, 1.82) is 0 Å². The fraction of sp³-hybridized carbons (Fsp3) is 0.458. The highest BCUT2D eigenvalue weighted by Crippen LogP contribution is 2.48. The number of morpholine rings is 1. The molecule has 2 atom stereocenters. The van der Waals surface area contributed by atoms with E-state index in [1.807, 2.05) is 11.0 Å². The third-order valence-corrected chi connectivity index (χ3v) is 6.54. The lowest BCUT2D eigenvalue weighted by molar-refractivity contribution is 0.120. The van der Waals surface area contributed by atoms with Crippen molar-refractivity contribution in [1.82, 2.24) is 0 Å². The number of benzene rings is 1. The predicted molar refractivity (Wildman–Crippen MR) is 115 cm³/mol. The second kappa shape index (κ2) is 8.11. The minimum absolute atomic E-state index is 0.0467. The number of ether oxygens (including phenoxy) is 1. The van der Waals surface area contributed by atoms with Crippen molar-refractivity contribution in [3.63, 3.8) is 0 Å². The van der Waals surface area contributed by atoms with Crippen molar-refractivity contribution in [2.45, 2.75) is 25.7 Å². The largest absolute Gasteiger partial charge is 0.444 e. The van der Waals surface area contributed by atoms with Crippen LogP contribution in [0.1, 0.15) is 37.0 Å². The number of nitrogens with one attached hydrogen (secondary N) is 1. The van der Waals surface area contributed by atoms with E-state index >= 15 is 0 Å². The first-order chi connectivity index (χ1) is 15.0. The van der Waals surface area contributed by atoms with Gasteiger partial charge in [-0.15, -0.1) is 0 Å². The first-order valence-corrected chi connectivity index (χ1v) is 10.9. The Balaban J connectivity index is 1.50. The Morgan fingerprint density at radius 1 is 1.10 bits per heavy atom. The van der Waals surface area contributed by atoms with Crippen LogP contribution in [0.4, 0.5) is 20.4 Å². The average Bonchev–Trinajstić information content (AvgIpc) is 3.58. The number of allylic oxidation sites excluding steroid dienone is 1. The number of rotatable bonds is 5. The van der Waals surface area contributed by atoms with Gasteiger partial charge in [0, 0.05) is 43.4 Å². The highest BCUT2D eigenvalue weighted by atomic mass is 19.1. The van der Waals surface area contributed by atoms with Crippen LogP contribution >= 0.6 is 0 Å². The highest BCUT2D eigenvalue weighted by molar-refractivity contribution is 5.62. The number of anilines is 2. The van der Waals surface area contributed by atoms with E-state index in [-0.39, 0.29) is 17.3 Å². The lowest BCUT2D eigenvalue weighted by atomic mass is 9.77. The molecule has 5 nitrogen and oxygen atoms in total. The Bertz CT molecular complexity index is 1050. The van der Waals surface area contributed by atoms with Crippen molar-refractivity contribution in [3.8, 4) is 0 Å². The molecule has 1 aliphatic heterocycles. The van der Waals surface area contributed by atoms with Gasteiger partial charge in [0.05, 0.1) is 18.8 Å². The van der Waals surface area contributed by atoms with E-state index in [1.165, 1.54) is 17.7 Å². The Kier molecular flexibility index (Phi) is 5.30. The lowest BCUT2D eigenvalue weighted by Gasteiger charge is -2.33. The first kappa shape index (κ1) is 20.2. The summed E-state index contributed by atoms with van der Waals surface area (Å²) in [5.41, 5.74) is 2.21. The molecule has 2 aliphatic carbocycles. The molecule has 7 heteroatoms. The molecule has 2 fully saturated rings. The third kappa shape index (κ3) is 4.11. The minimum Gasteiger partial charge on any atom is -0.444 e. The predicted octanol–water partition coefficient (Wildman–Crippen LogP) is 4.39. The number of hydrogen-bond acceptors (Lipinski definition) is 5. The average molecular weight is 428 g/mol. The van der Waals surface area contributed by atoms with Crippen LogP contribution in [0.25, 0.3) is 6.08 Å². The molecule has 1 N–H and O–H groups in total. The molecule has 3 aliphatic rings. The summed E-state index contributed by atoms with van der Waals surface area (Å²) in [7, 11) is 0. The van der Waals surface area contributed by atoms with E-state index in [2.05, 4.69) is 12.2 Å². The maximum atomic E-state index is 13.6. The van der Waals surface area contributed by atoms with E-state index in [1.54, 1.807) is 6.07 Å². The molecule has 5 rings (SSSR count). The van der Waals surface area contributed by atoms with E-state index in [0.29, 0.717) is 61.7 Å². The van der Waals surface area contributed by atoms with Crippen molar-refractivity contribution < 1.29 is 17.9 Å². The van der Waals surface area contributed by atoms with E-state index in [4.69, 9.17) is 9.15 Å². The van der Waals surface area contributed by atoms with Gasteiger partial charge in [-0.05, 0) is 42.9 Å². The van der Waals surface area contributed by atoms with Gasteiger partial charge >= 0.3 is 0 Å². The van der Waals surface area contributed by atoms with Crippen molar-refractivity contribution in [3.05, 3.63) is 63.0 Å². The molecule has 31 heavy (non-hydrogen) atoms. The zero-order valence-corrected chi connectivity index (χ0v) is 17.5. The lowest BCUT2D eigenvalue weighted by Crippen LogP contribution is -2.37. The van der Waals surface area contributed by atoms with E-state index < -0.39 is 11.6 Å². The minimum atomic E-state index is -0.626. The van der Waals surface area contributed by atoms with Crippen molar-refractivity contribution in [2.75, 3.05) is 43.1 Å². The van der Waals surface area contributed by atoms with Crippen LogP contribution < -0.4 is 15.6 Å². The molecule has 1 saturated heterocycles. The molecule has 2 aromatic rings. The van der Waals surface area contributed by atoms with Crippen LogP contribution in [0.3, 0.4) is 0 Å². The van der Waals surface area contributed by atoms with Crippen LogP contribution in [0.5, 0.6) is 0 Å². The molecule has 0 spiro atoms. The Morgan fingerprint density at radius 3 is 2.48 bits per heavy atom. The summed E-state index contributed by atoms with van der Waals surface area (Å²) in [4.78, 5) is 15.1. The summed E-state index contributed by atoms with van der Waals surface area (Å²) in [6.45, 7) is 5.10. The van der Waals surface area contributed by atoms with Crippen molar-refractivity contribution >= 4 is 17.6 Å². The fourth-order valence-electron chi connectivity index (χ4n) is 4.68. The normalized spacial score (nSPS) is 23.3. The summed E-state index contributed by atoms with van der Waals surface area (Å²) >= 11 is 0. The van der Waals surface area contributed by atoms with Crippen LogP contribution in [-0.2, 0) is 4.74 Å². The second-order valence-electron chi connectivity index (χ2n) is 8.68. The molecule has 1 aromatic heterocycles. The van der Waals surface area contributed by atoms with Crippen LogP contribution in [0.2, 0.25) is 0 Å². The molecule has 0 bridgehead atoms. The van der Waals surface area contributed by atoms with Gasteiger partial charge in [0.1, 0.15) is 17.4 Å². The molecule has 2 unspecified atom stereocenters. The number of fused-ring (bicyclic) bond motifs is 1. The zero-order valence-electron chi connectivity index (χ0n) is 17.5. The van der Waals surface area contributed by atoms with Gasteiger partial charge in [-0.3, -0.25) is 4.79 Å². The van der Waals surface area contributed by atoms with Crippen molar-refractivity contribution in [2.24, 2.45) is 11.8 Å². The van der Waals surface area contributed by atoms with Gasteiger partial charge in [-0.2, -0.15) is 0 Å². The molecule has 1 aromatic carbocycles. The molecule has 0 radical (unpaired) electrons. The Morgan fingerprint density at radius 2 is 1.81 bits per heavy atom. The maximum absolute atomic E-state index is 13.6. The number of hydrogen-bond donors (Lipinski definition) is 1. The SMILES string of the molecule is CC1C(C2CC2)=Cc2c(oc(N3CCOCC3)cc2=O)C1CNc1cc(F)cc(F)c1. The molecule has 0 amide bonds. The summed E-state index contributed by atoms with van der Waals surface area (Å²) in [5.74, 6) is 0.512. The number of nitrogens with zero attached hydrogens (tertiary/aromatic N) is 1. The summed E-state index contributed by atoms with van der Waals surface area (Å²) in [6, 6.07) is 4.98. The van der Waals surface area contributed by atoms with E-state index in [0.717, 1.165) is 18.9 Å². The fourth-order valence-corrected chi connectivity index (χ4v) is 4.68. The van der Waals surface area contributed by atoms with Crippen LogP contribution in [0.15, 0.2) is 39.1 Å². The molecule has 1 saturated carbocycles. The molecular weight excluding hydrogens is 402 g/mol. The van der Waals surface area contributed by atoms with E-state index in [9.17, 15) is 13.6 Å².